The first-order valence-corrected chi connectivity index (χ1v) is 9.80. The number of benzene rings is 3. The fraction of sp³-hybridized carbons (Fsp3) is 0.292. The molecule has 0 spiro atoms. The van der Waals surface area contributed by atoms with Crippen molar-refractivity contribution >= 4 is 22.4 Å². The Labute approximate surface area is 161 Å². The molecule has 0 aromatic heterocycles. The van der Waals surface area contributed by atoms with E-state index < -0.39 is 0 Å². The number of carbonyl (C=O) groups is 1. The Hall–Kier alpha value is -2.81. The summed E-state index contributed by atoms with van der Waals surface area (Å²) >= 11 is 0. The first-order valence-electron chi connectivity index (χ1n) is 9.80. The molecule has 3 aromatic rings. The molecule has 0 aliphatic rings. The second kappa shape index (κ2) is 9.77. The predicted molar refractivity (Wildman–Crippen MR) is 113 cm³/mol. The highest BCUT2D eigenvalue weighted by molar-refractivity contribution is 6.08. The minimum absolute atomic E-state index is 0.145. The number of ether oxygens (including phenoxy) is 1. The van der Waals surface area contributed by atoms with E-state index in [0.717, 1.165) is 29.3 Å². The summed E-state index contributed by atoms with van der Waals surface area (Å²) < 4.78 is 6.02. The van der Waals surface area contributed by atoms with Crippen LogP contribution in [0.5, 0.6) is 5.75 Å². The zero-order valence-corrected chi connectivity index (χ0v) is 15.9. The first-order chi connectivity index (χ1) is 13.3. The maximum Gasteiger partial charge on any atom is 0.259 e. The summed E-state index contributed by atoms with van der Waals surface area (Å²) in [6, 6.07) is 21.4. The van der Waals surface area contributed by atoms with Crippen LogP contribution in [0, 0.1) is 0 Å². The summed E-state index contributed by atoms with van der Waals surface area (Å²) in [4.78, 5) is 12.9. The summed E-state index contributed by atoms with van der Waals surface area (Å²) in [6.07, 6.45) is 5.90. The van der Waals surface area contributed by atoms with Gasteiger partial charge in [0.25, 0.3) is 5.91 Å². The van der Waals surface area contributed by atoms with Crippen LogP contribution in [-0.4, -0.2) is 12.5 Å². The molecule has 0 aliphatic carbocycles. The first kappa shape index (κ1) is 19.0. The lowest BCUT2D eigenvalue weighted by molar-refractivity contribution is 0.102. The molecule has 3 nitrogen and oxygen atoms in total. The van der Waals surface area contributed by atoms with Gasteiger partial charge in [-0.15, -0.1) is 0 Å². The molecule has 3 heteroatoms. The molecule has 0 saturated heterocycles. The molecule has 0 bridgehead atoms. The number of para-hydroxylation sites is 1. The summed E-state index contributed by atoms with van der Waals surface area (Å²) in [5.74, 6) is 0.505. The van der Waals surface area contributed by atoms with Gasteiger partial charge in [-0.05, 0) is 41.5 Å². The largest absolute Gasteiger partial charge is 0.493 e. The standard InChI is InChI=1S/C24H27NO2/c1-2-3-4-5-11-16-27-23-18-20-13-10-9-12-19(20)17-22(23)24(26)25-21-14-7-6-8-15-21/h6-10,12-15,17-18H,2-5,11,16H2,1H3,(H,25,26). The second-order valence-electron chi connectivity index (χ2n) is 6.78. The van der Waals surface area contributed by atoms with Gasteiger partial charge in [0.05, 0.1) is 12.2 Å². The van der Waals surface area contributed by atoms with Crippen LogP contribution in [0.15, 0.2) is 66.7 Å². The number of nitrogens with one attached hydrogen (secondary N) is 1. The topological polar surface area (TPSA) is 38.3 Å². The summed E-state index contributed by atoms with van der Waals surface area (Å²) in [5.41, 5.74) is 1.35. The van der Waals surface area contributed by atoms with Crippen LogP contribution in [0.25, 0.3) is 10.8 Å². The van der Waals surface area contributed by atoms with E-state index in [9.17, 15) is 4.79 Å². The predicted octanol–water partition coefficient (Wildman–Crippen LogP) is 6.44. The van der Waals surface area contributed by atoms with E-state index in [0.29, 0.717) is 17.9 Å². The summed E-state index contributed by atoms with van der Waals surface area (Å²) in [5, 5.41) is 5.07. The van der Waals surface area contributed by atoms with Crippen molar-refractivity contribution < 1.29 is 9.53 Å². The summed E-state index contributed by atoms with van der Waals surface area (Å²) in [6.45, 7) is 2.84. The minimum Gasteiger partial charge on any atom is -0.493 e. The molecule has 3 rings (SSSR count). The third-order valence-corrected chi connectivity index (χ3v) is 4.63. The van der Waals surface area contributed by atoms with Gasteiger partial charge in [-0.2, -0.15) is 0 Å². The van der Waals surface area contributed by atoms with E-state index in [1.807, 2.05) is 66.7 Å². The molecule has 0 fully saturated rings. The van der Waals surface area contributed by atoms with Crippen LogP contribution in [0.2, 0.25) is 0 Å². The van der Waals surface area contributed by atoms with E-state index in [2.05, 4.69) is 12.2 Å². The number of hydrogen-bond acceptors (Lipinski definition) is 2. The molecule has 0 heterocycles. The molecule has 0 aliphatic heterocycles. The Morgan fingerprint density at radius 1 is 0.852 bits per heavy atom. The normalized spacial score (nSPS) is 10.7. The van der Waals surface area contributed by atoms with E-state index in [-0.39, 0.29) is 5.91 Å². The lowest BCUT2D eigenvalue weighted by atomic mass is 10.0. The number of fused-ring (bicyclic) bond motifs is 1. The molecule has 1 amide bonds. The zero-order chi connectivity index (χ0) is 18.9. The van der Waals surface area contributed by atoms with Crippen molar-refractivity contribution in [3.63, 3.8) is 0 Å². The van der Waals surface area contributed by atoms with Gasteiger partial charge in [-0.25, -0.2) is 0 Å². The van der Waals surface area contributed by atoms with Crippen molar-refractivity contribution in [2.24, 2.45) is 0 Å². The maximum absolute atomic E-state index is 12.9. The van der Waals surface area contributed by atoms with E-state index in [1.165, 1.54) is 19.3 Å². The molecule has 1 N–H and O–H groups in total. The third-order valence-electron chi connectivity index (χ3n) is 4.63. The Kier molecular flexibility index (Phi) is 6.86. The Bertz CT molecular complexity index is 874. The van der Waals surface area contributed by atoms with Crippen molar-refractivity contribution in [3.8, 4) is 5.75 Å². The fourth-order valence-corrected chi connectivity index (χ4v) is 3.12. The average molecular weight is 361 g/mol. The van der Waals surface area contributed by atoms with Crippen molar-refractivity contribution in [1.82, 2.24) is 0 Å². The van der Waals surface area contributed by atoms with Gasteiger partial charge in [-0.1, -0.05) is 75.1 Å². The number of anilines is 1. The maximum atomic E-state index is 12.9. The van der Waals surface area contributed by atoms with Crippen LogP contribution in [0.1, 0.15) is 49.4 Å². The highest BCUT2D eigenvalue weighted by Crippen LogP contribution is 2.27. The van der Waals surface area contributed by atoms with Gasteiger partial charge >= 0.3 is 0 Å². The highest BCUT2D eigenvalue weighted by Gasteiger charge is 2.14. The lowest BCUT2D eigenvalue weighted by Gasteiger charge is -2.13. The van der Waals surface area contributed by atoms with Crippen LogP contribution in [-0.2, 0) is 0 Å². The molecule has 140 valence electrons. The Balaban J connectivity index is 1.77. The van der Waals surface area contributed by atoms with Gasteiger partial charge < -0.3 is 10.1 Å². The number of carbonyl (C=O) groups excluding carboxylic acids is 1. The quantitative estimate of drug-likeness (QED) is 0.445. The van der Waals surface area contributed by atoms with Gasteiger partial charge in [0.2, 0.25) is 0 Å². The molecule has 27 heavy (non-hydrogen) atoms. The van der Waals surface area contributed by atoms with Crippen LogP contribution < -0.4 is 10.1 Å². The average Bonchev–Trinajstić information content (AvgIpc) is 2.70. The van der Waals surface area contributed by atoms with Crippen molar-refractivity contribution in [1.29, 1.82) is 0 Å². The Morgan fingerprint density at radius 2 is 1.52 bits per heavy atom. The highest BCUT2D eigenvalue weighted by atomic mass is 16.5. The van der Waals surface area contributed by atoms with E-state index >= 15 is 0 Å². The van der Waals surface area contributed by atoms with E-state index in [4.69, 9.17) is 4.74 Å². The van der Waals surface area contributed by atoms with Crippen LogP contribution in [0.4, 0.5) is 5.69 Å². The lowest BCUT2D eigenvalue weighted by Crippen LogP contribution is -2.14. The molecule has 3 aromatic carbocycles. The Morgan fingerprint density at radius 3 is 2.26 bits per heavy atom. The second-order valence-corrected chi connectivity index (χ2v) is 6.78. The number of amides is 1. The molecular formula is C24H27NO2. The summed E-state index contributed by atoms with van der Waals surface area (Å²) in [7, 11) is 0. The number of rotatable bonds is 9. The zero-order valence-electron chi connectivity index (χ0n) is 15.9. The molecule has 0 saturated carbocycles. The van der Waals surface area contributed by atoms with Gasteiger partial charge in [0.1, 0.15) is 5.75 Å². The molecular weight excluding hydrogens is 334 g/mol. The van der Waals surface area contributed by atoms with E-state index in [1.54, 1.807) is 0 Å². The smallest absolute Gasteiger partial charge is 0.259 e. The molecule has 0 atom stereocenters. The van der Waals surface area contributed by atoms with Gasteiger partial charge in [-0.3, -0.25) is 4.79 Å². The van der Waals surface area contributed by atoms with Crippen molar-refractivity contribution in [2.75, 3.05) is 11.9 Å². The minimum atomic E-state index is -0.145. The SMILES string of the molecule is CCCCCCCOc1cc2ccccc2cc1C(=O)Nc1ccccc1. The monoisotopic (exact) mass is 361 g/mol. The fourth-order valence-electron chi connectivity index (χ4n) is 3.12. The van der Waals surface area contributed by atoms with Crippen molar-refractivity contribution in [3.05, 3.63) is 72.3 Å². The van der Waals surface area contributed by atoms with Gasteiger partial charge in [0, 0.05) is 5.69 Å². The van der Waals surface area contributed by atoms with Crippen molar-refractivity contribution in [2.45, 2.75) is 39.0 Å². The number of hydrogen-bond donors (Lipinski definition) is 1. The third kappa shape index (κ3) is 5.33. The molecule has 0 radical (unpaired) electrons. The van der Waals surface area contributed by atoms with Crippen LogP contribution in [0.3, 0.4) is 0 Å². The number of unbranched alkanes of at least 4 members (excludes halogenated alkanes) is 4. The molecule has 0 unspecified atom stereocenters. The van der Waals surface area contributed by atoms with Gasteiger partial charge in [0.15, 0.2) is 0 Å². The van der Waals surface area contributed by atoms with Crippen LogP contribution >= 0.6 is 0 Å².